The number of hydrogen-bond acceptors (Lipinski definition) is 2. The highest BCUT2D eigenvalue weighted by Crippen LogP contribution is 2.03. The van der Waals surface area contributed by atoms with Crippen LogP contribution in [0.3, 0.4) is 0 Å². The highest BCUT2D eigenvalue weighted by Gasteiger charge is 2.00. The fourth-order valence-electron chi connectivity index (χ4n) is 1.48. The van der Waals surface area contributed by atoms with Crippen LogP contribution in [0.1, 0.15) is 5.56 Å². The molecule has 0 atom stereocenters. The largest absolute Gasteiger partial charge is 0.493 e. The van der Waals surface area contributed by atoms with Gasteiger partial charge in [0.2, 0.25) is 5.88 Å². The maximum absolute atomic E-state index is 11.2. The van der Waals surface area contributed by atoms with Crippen molar-refractivity contribution in [3.8, 4) is 5.88 Å². The van der Waals surface area contributed by atoms with Gasteiger partial charge in [0.25, 0.3) is 0 Å². The van der Waals surface area contributed by atoms with E-state index >= 15 is 0 Å². The van der Waals surface area contributed by atoms with Gasteiger partial charge in [0.15, 0.2) is 0 Å². The lowest BCUT2D eigenvalue weighted by atomic mass is 10.1. The minimum absolute atomic E-state index is 0.0898. The zero-order chi connectivity index (χ0) is 10.7. The molecule has 0 radical (unpaired) electrons. The van der Waals surface area contributed by atoms with Crippen molar-refractivity contribution < 1.29 is 5.11 Å². The topological polar surface area (TPSA) is 58.0 Å². The van der Waals surface area contributed by atoms with Crippen LogP contribution in [-0.2, 0) is 13.0 Å². The fraction of sp³-hybridized carbons (Fsp3) is 0.182. The summed E-state index contributed by atoms with van der Waals surface area (Å²) in [4.78, 5) is 13.5. The minimum Gasteiger partial charge on any atom is -0.493 e. The van der Waals surface area contributed by atoms with Gasteiger partial charge < -0.3 is 5.11 Å². The van der Waals surface area contributed by atoms with Crippen LogP contribution < -0.4 is 5.69 Å². The quantitative estimate of drug-likeness (QED) is 0.787. The van der Waals surface area contributed by atoms with Crippen molar-refractivity contribution in [3.05, 3.63) is 52.6 Å². The Kier molecular flexibility index (Phi) is 2.58. The Labute approximate surface area is 86.8 Å². The molecule has 78 valence electrons. The van der Waals surface area contributed by atoms with E-state index in [2.05, 4.69) is 4.98 Å². The number of aromatic amines is 1. The number of aromatic nitrogens is 2. The van der Waals surface area contributed by atoms with Gasteiger partial charge >= 0.3 is 5.69 Å². The molecule has 0 saturated carbocycles. The van der Waals surface area contributed by atoms with E-state index in [1.54, 1.807) is 0 Å². The molecule has 2 rings (SSSR count). The van der Waals surface area contributed by atoms with Gasteiger partial charge in [-0.3, -0.25) is 9.55 Å². The van der Waals surface area contributed by atoms with Crippen LogP contribution in [0.4, 0.5) is 0 Å². The molecule has 1 heterocycles. The van der Waals surface area contributed by atoms with E-state index in [4.69, 9.17) is 5.11 Å². The number of imidazole rings is 1. The summed E-state index contributed by atoms with van der Waals surface area (Å²) in [5.74, 6) is -0.0898. The van der Waals surface area contributed by atoms with Gasteiger partial charge in [0.1, 0.15) is 0 Å². The molecule has 0 spiro atoms. The highest BCUT2D eigenvalue weighted by atomic mass is 16.3. The number of hydrogen-bond donors (Lipinski definition) is 2. The number of benzene rings is 1. The molecular weight excluding hydrogens is 192 g/mol. The second-order valence-electron chi connectivity index (χ2n) is 3.37. The maximum atomic E-state index is 11.2. The van der Waals surface area contributed by atoms with Crippen LogP contribution in [-0.4, -0.2) is 14.7 Å². The molecule has 4 nitrogen and oxygen atoms in total. The third kappa shape index (κ3) is 2.28. The molecule has 0 fully saturated rings. The molecule has 2 aromatic rings. The van der Waals surface area contributed by atoms with E-state index < -0.39 is 0 Å². The van der Waals surface area contributed by atoms with Gasteiger partial charge in [-0.15, -0.1) is 0 Å². The molecule has 0 unspecified atom stereocenters. The minimum atomic E-state index is -0.275. The summed E-state index contributed by atoms with van der Waals surface area (Å²) in [7, 11) is 0. The van der Waals surface area contributed by atoms with Crippen LogP contribution in [0.5, 0.6) is 5.88 Å². The van der Waals surface area contributed by atoms with Gasteiger partial charge in [-0.2, -0.15) is 0 Å². The summed E-state index contributed by atoms with van der Waals surface area (Å²) >= 11 is 0. The number of nitrogens with zero attached hydrogens (tertiary/aromatic N) is 1. The van der Waals surface area contributed by atoms with Crippen molar-refractivity contribution in [1.82, 2.24) is 9.55 Å². The predicted molar refractivity (Wildman–Crippen MR) is 56.9 cm³/mol. The summed E-state index contributed by atoms with van der Waals surface area (Å²) in [5, 5.41) is 9.05. The summed E-state index contributed by atoms with van der Waals surface area (Å²) in [6.45, 7) is 0.569. The van der Waals surface area contributed by atoms with Gasteiger partial charge in [-0.25, -0.2) is 4.79 Å². The average Bonchev–Trinajstić information content (AvgIpc) is 2.56. The Morgan fingerprint density at radius 1 is 1.27 bits per heavy atom. The van der Waals surface area contributed by atoms with E-state index in [-0.39, 0.29) is 11.6 Å². The maximum Gasteiger partial charge on any atom is 0.328 e. The molecule has 2 N–H and O–H groups in total. The van der Waals surface area contributed by atoms with Crippen LogP contribution in [0.25, 0.3) is 0 Å². The Bertz CT molecular complexity index is 485. The molecule has 0 aliphatic heterocycles. The van der Waals surface area contributed by atoms with E-state index in [0.717, 1.165) is 6.42 Å². The molecule has 15 heavy (non-hydrogen) atoms. The number of rotatable bonds is 3. The molecule has 0 aliphatic carbocycles. The molecule has 1 aromatic carbocycles. The summed E-state index contributed by atoms with van der Waals surface area (Å²) in [6, 6.07) is 9.91. The van der Waals surface area contributed by atoms with Crippen molar-refractivity contribution >= 4 is 0 Å². The van der Waals surface area contributed by atoms with Crippen molar-refractivity contribution in [3.63, 3.8) is 0 Å². The lowest BCUT2D eigenvalue weighted by Crippen LogP contribution is -2.17. The summed E-state index contributed by atoms with van der Waals surface area (Å²) in [5.41, 5.74) is 0.897. The van der Waals surface area contributed by atoms with Crippen LogP contribution in [0.2, 0.25) is 0 Å². The molecule has 0 amide bonds. The van der Waals surface area contributed by atoms with Crippen molar-refractivity contribution in [2.45, 2.75) is 13.0 Å². The SMILES string of the molecule is O=c1[nH]c(O)cn1CCc1ccccc1. The molecule has 4 heteroatoms. The molecular formula is C11H12N2O2. The van der Waals surface area contributed by atoms with Gasteiger partial charge in [-0.1, -0.05) is 30.3 Å². The van der Waals surface area contributed by atoms with Gasteiger partial charge in [0, 0.05) is 6.54 Å². The summed E-state index contributed by atoms with van der Waals surface area (Å²) in [6.07, 6.45) is 2.18. The van der Waals surface area contributed by atoms with Crippen molar-refractivity contribution in [2.24, 2.45) is 0 Å². The second-order valence-corrected chi connectivity index (χ2v) is 3.37. The zero-order valence-corrected chi connectivity index (χ0v) is 8.18. The smallest absolute Gasteiger partial charge is 0.328 e. The highest BCUT2D eigenvalue weighted by molar-refractivity contribution is 5.14. The number of nitrogens with one attached hydrogen (secondary N) is 1. The second kappa shape index (κ2) is 4.04. The predicted octanol–water partition coefficient (Wildman–Crippen LogP) is 1.12. The Hall–Kier alpha value is -1.97. The lowest BCUT2D eigenvalue weighted by Gasteiger charge is -2.00. The van der Waals surface area contributed by atoms with Crippen molar-refractivity contribution in [1.29, 1.82) is 0 Å². The standard InChI is InChI=1S/C11H12N2O2/c14-10-8-13(11(15)12-10)7-6-9-4-2-1-3-5-9/h1-5,8,14H,6-7H2,(H,12,15). The summed E-state index contributed by atoms with van der Waals surface area (Å²) < 4.78 is 1.46. The van der Waals surface area contributed by atoms with E-state index in [0.29, 0.717) is 6.54 Å². The first-order valence-corrected chi connectivity index (χ1v) is 4.78. The van der Waals surface area contributed by atoms with Crippen LogP contribution in [0.15, 0.2) is 41.3 Å². The monoisotopic (exact) mass is 204 g/mol. The molecule has 1 aromatic heterocycles. The normalized spacial score (nSPS) is 10.4. The molecule has 0 aliphatic rings. The Morgan fingerprint density at radius 3 is 2.60 bits per heavy atom. The van der Waals surface area contributed by atoms with E-state index in [9.17, 15) is 4.79 Å². The first-order chi connectivity index (χ1) is 7.25. The van der Waals surface area contributed by atoms with Gasteiger partial charge in [-0.05, 0) is 12.0 Å². The Morgan fingerprint density at radius 2 is 2.00 bits per heavy atom. The van der Waals surface area contributed by atoms with Crippen LogP contribution >= 0.6 is 0 Å². The zero-order valence-electron chi connectivity index (χ0n) is 8.18. The average molecular weight is 204 g/mol. The van der Waals surface area contributed by atoms with Crippen molar-refractivity contribution in [2.75, 3.05) is 0 Å². The number of aromatic hydroxyl groups is 1. The third-order valence-electron chi connectivity index (χ3n) is 2.26. The number of H-pyrrole nitrogens is 1. The van der Waals surface area contributed by atoms with Gasteiger partial charge in [0.05, 0.1) is 6.20 Å². The number of aryl methyl sites for hydroxylation is 2. The van der Waals surface area contributed by atoms with E-state index in [1.165, 1.54) is 16.3 Å². The third-order valence-corrected chi connectivity index (χ3v) is 2.26. The fourth-order valence-corrected chi connectivity index (χ4v) is 1.48. The molecule has 0 bridgehead atoms. The Balaban J connectivity index is 2.05. The van der Waals surface area contributed by atoms with E-state index in [1.807, 2.05) is 30.3 Å². The first-order valence-electron chi connectivity index (χ1n) is 4.78. The van der Waals surface area contributed by atoms with Crippen LogP contribution in [0, 0.1) is 0 Å². The molecule has 0 saturated heterocycles. The lowest BCUT2D eigenvalue weighted by molar-refractivity contribution is 0.455. The first kappa shape index (κ1) is 9.58.